The lowest BCUT2D eigenvalue weighted by Crippen LogP contribution is -2.21. The number of hydrogen-bond acceptors (Lipinski definition) is 1. The van der Waals surface area contributed by atoms with Gasteiger partial charge in [-0.25, -0.2) is 0 Å². The zero-order valence-electron chi connectivity index (χ0n) is 11.4. The minimum atomic E-state index is -0.0490. The van der Waals surface area contributed by atoms with Crippen LogP contribution in [0, 0.1) is 16.7 Å². The highest BCUT2D eigenvalue weighted by Crippen LogP contribution is 2.44. The van der Waals surface area contributed by atoms with Gasteiger partial charge in [-0.05, 0) is 31.1 Å². The van der Waals surface area contributed by atoms with Crippen molar-refractivity contribution in [1.82, 2.24) is 0 Å². The van der Waals surface area contributed by atoms with Gasteiger partial charge in [0.15, 0.2) is 0 Å². The molecule has 1 aliphatic rings. The molecule has 0 aromatic rings. The Balaban J connectivity index is 2.73. The van der Waals surface area contributed by atoms with Crippen molar-refractivity contribution in [1.29, 1.82) is 0 Å². The third kappa shape index (κ3) is 2.57. The van der Waals surface area contributed by atoms with Crippen LogP contribution in [0.2, 0.25) is 0 Å². The quantitative estimate of drug-likeness (QED) is 0.714. The Hall–Kier alpha value is -0.560. The Kier molecular flexibility index (Phi) is 4.01. The van der Waals surface area contributed by atoms with E-state index in [2.05, 4.69) is 52.8 Å². The van der Waals surface area contributed by atoms with Crippen LogP contribution >= 0.6 is 0 Å². The Morgan fingerprint density at radius 1 is 1.56 bits per heavy atom. The summed E-state index contributed by atoms with van der Waals surface area (Å²) < 4.78 is 0. The minimum absolute atomic E-state index is 0.0490. The van der Waals surface area contributed by atoms with Crippen LogP contribution < -0.4 is 0 Å². The lowest BCUT2D eigenvalue weighted by molar-refractivity contribution is 0.179. The fraction of sp³-hybridized carbons (Fsp3) is 0.733. The molecule has 0 saturated heterocycles. The van der Waals surface area contributed by atoms with Crippen LogP contribution in [0.1, 0.15) is 47.5 Å². The van der Waals surface area contributed by atoms with Crippen molar-refractivity contribution in [2.45, 2.75) is 47.5 Å². The van der Waals surface area contributed by atoms with Gasteiger partial charge in [0.25, 0.3) is 0 Å². The zero-order valence-corrected chi connectivity index (χ0v) is 11.4. The maximum atomic E-state index is 9.38. The number of allylic oxidation sites excluding steroid dienone is 3. The van der Waals surface area contributed by atoms with Gasteiger partial charge < -0.3 is 5.11 Å². The summed E-state index contributed by atoms with van der Waals surface area (Å²) in [5.74, 6) is 0.588. The topological polar surface area (TPSA) is 20.2 Å². The first-order valence-corrected chi connectivity index (χ1v) is 6.33. The van der Waals surface area contributed by atoms with E-state index in [9.17, 15) is 5.11 Å². The van der Waals surface area contributed by atoms with Gasteiger partial charge in [-0.2, -0.15) is 0 Å². The molecular formula is C15H26O. The standard InChI is InChI=1S/C15H26O/c1-6-15(5,11-16)10-9-13-8-7-12(2)14(13,3)4/h7,9-10,13,16H,6,8,11H2,1-5H3/b10-9+/t13-,15?/m0/s1. The molecule has 16 heavy (non-hydrogen) atoms. The molecule has 2 atom stereocenters. The van der Waals surface area contributed by atoms with Crippen LogP contribution in [0.25, 0.3) is 0 Å². The van der Waals surface area contributed by atoms with Gasteiger partial charge in [0.1, 0.15) is 0 Å². The lowest BCUT2D eigenvalue weighted by Gasteiger charge is -2.29. The van der Waals surface area contributed by atoms with Crippen molar-refractivity contribution in [2.24, 2.45) is 16.7 Å². The van der Waals surface area contributed by atoms with Crippen molar-refractivity contribution in [2.75, 3.05) is 6.61 Å². The Labute approximate surface area is 100 Å². The number of aliphatic hydroxyl groups is 1. The number of hydrogen-bond donors (Lipinski definition) is 1. The smallest absolute Gasteiger partial charge is 0.0519 e. The van der Waals surface area contributed by atoms with Crippen LogP contribution in [-0.2, 0) is 0 Å². The summed E-state index contributed by atoms with van der Waals surface area (Å²) in [7, 11) is 0. The molecule has 0 saturated carbocycles. The Bertz CT molecular complexity index is 293. The molecule has 1 N–H and O–H groups in total. The zero-order chi connectivity index (χ0) is 12.4. The highest BCUT2D eigenvalue weighted by atomic mass is 16.3. The van der Waals surface area contributed by atoms with Crippen LogP contribution in [0.15, 0.2) is 23.8 Å². The molecule has 0 aromatic carbocycles. The third-order valence-corrected chi connectivity index (χ3v) is 4.52. The molecular weight excluding hydrogens is 196 g/mol. The van der Waals surface area contributed by atoms with E-state index in [0.29, 0.717) is 5.92 Å². The Morgan fingerprint density at radius 3 is 2.56 bits per heavy atom. The summed E-state index contributed by atoms with van der Waals surface area (Å²) in [6, 6.07) is 0. The largest absolute Gasteiger partial charge is 0.395 e. The number of aliphatic hydroxyl groups excluding tert-OH is 1. The van der Waals surface area contributed by atoms with E-state index in [4.69, 9.17) is 0 Å². The first-order chi connectivity index (χ1) is 7.35. The van der Waals surface area contributed by atoms with Gasteiger partial charge >= 0.3 is 0 Å². The van der Waals surface area contributed by atoms with Crippen molar-refractivity contribution in [3.05, 3.63) is 23.8 Å². The molecule has 0 amide bonds. The van der Waals surface area contributed by atoms with E-state index < -0.39 is 0 Å². The molecule has 0 radical (unpaired) electrons. The summed E-state index contributed by atoms with van der Waals surface area (Å²) in [6.07, 6.45) is 9.00. The maximum Gasteiger partial charge on any atom is 0.0519 e. The van der Waals surface area contributed by atoms with E-state index in [1.165, 1.54) is 5.57 Å². The Morgan fingerprint density at radius 2 is 2.19 bits per heavy atom. The average Bonchev–Trinajstić information content (AvgIpc) is 2.51. The molecule has 0 aromatic heterocycles. The average molecular weight is 222 g/mol. The van der Waals surface area contributed by atoms with Crippen LogP contribution in [0.5, 0.6) is 0 Å². The SMILES string of the molecule is CCC(C)(/C=C/[C@@H]1CC=C(C)C1(C)C)CO. The summed E-state index contributed by atoms with van der Waals surface area (Å²) in [4.78, 5) is 0. The van der Waals surface area contributed by atoms with E-state index >= 15 is 0 Å². The second-order valence-electron chi connectivity index (χ2n) is 5.98. The van der Waals surface area contributed by atoms with E-state index in [0.717, 1.165) is 12.8 Å². The predicted molar refractivity (Wildman–Crippen MR) is 70.3 cm³/mol. The van der Waals surface area contributed by atoms with Gasteiger partial charge in [-0.3, -0.25) is 0 Å². The summed E-state index contributed by atoms with van der Waals surface area (Å²) in [5, 5.41) is 9.38. The van der Waals surface area contributed by atoms with E-state index in [1.807, 2.05) is 0 Å². The van der Waals surface area contributed by atoms with Crippen molar-refractivity contribution < 1.29 is 5.11 Å². The summed E-state index contributed by atoms with van der Waals surface area (Å²) in [6.45, 7) is 11.3. The maximum absolute atomic E-state index is 9.38. The lowest BCUT2D eigenvalue weighted by atomic mass is 9.76. The first kappa shape index (κ1) is 13.5. The minimum Gasteiger partial charge on any atom is -0.395 e. The molecule has 0 fully saturated rings. The van der Waals surface area contributed by atoms with Crippen molar-refractivity contribution in [3.63, 3.8) is 0 Å². The fourth-order valence-electron chi connectivity index (χ4n) is 2.10. The molecule has 1 aliphatic carbocycles. The van der Waals surface area contributed by atoms with Crippen LogP contribution in [0.3, 0.4) is 0 Å². The van der Waals surface area contributed by atoms with E-state index in [1.54, 1.807) is 0 Å². The molecule has 1 unspecified atom stereocenters. The third-order valence-electron chi connectivity index (χ3n) is 4.52. The molecule has 0 bridgehead atoms. The molecule has 0 aliphatic heterocycles. The van der Waals surface area contributed by atoms with Gasteiger partial charge in [0.05, 0.1) is 6.61 Å². The molecule has 0 heterocycles. The van der Waals surface area contributed by atoms with E-state index in [-0.39, 0.29) is 17.4 Å². The number of rotatable bonds is 4. The van der Waals surface area contributed by atoms with Crippen molar-refractivity contribution >= 4 is 0 Å². The second kappa shape index (κ2) is 4.75. The highest BCUT2D eigenvalue weighted by molar-refractivity contribution is 5.22. The van der Waals surface area contributed by atoms with Crippen LogP contribution in [-0.4, -0.2) is 11.7 Å². The molecule has 1 heteroatoms. The normalized spacial score (nSPS) is 28.1. The molecule has 0 spiro atoms. The summed E-state index contributed by atoms with van der Waals surface area (Å²) in [5.41, 5.74) is 1.72. The highest BCUT2D eigenvalue weighted by Gasteiger charge is 2.33. The molecule has 1 rings (SSSR count). The van der Waals surface area contributed by atoms with Crippen molar-refractivity contribution in [3.8, 4) is 0 Å². The second-order valence-corrected chi connectivity index (χ2v) is 5.98. The van der Waals surface area contributed by atoms with Gasteiger partial charge in [0, 0.05) is 5.41 Å². The molecule has 92 valence electrons. The monoisotopic (exact) mass is 222 g/mol. The van der Waals surface area contributed by atoms with Gasteiger partial charge in [0.2, 0.25) is 0 Å². The van der Waals surface area contributed by atoms with Gasteiger partial charge in [-0.15, -0.1) is 0 Å². The van der Waals surface area contributed by atoms with Crippen LogP contribution in [0.4, 0.5) is 0 Å². The fourth-order valence-corrected chi connectivity index (χ4v) is 2.10. The van der Waals surface area contributed by atoms with Gasteiger partial charge in [-0.1, -0.05) is 51.5 Å². The predicted octanol–water partition coefficient (Wildman–Crippen LogP) is 3.94. The summed E-state index contributed by atoms with van der Waals surface area (Å²) >= 11 is 0. The first-order valence-electron chi connectivity index (χ1n) is 6.33. The molecule has 1 nitrogen and oxygen atoms in total.